The number of hydrogen-bond donors (Lipinski definition) is 2. The number of carbonyl (C=O) groups is 1. The van der Waals surface area contributed by atoms with Crippen molar-refractivity contribution in [3.63, 3.8) is 0 Å². The molecule has 7 nitrogen and oxygen atoms in total. The summed E-state index contributed by atoms with van der Waals surface area (Å²) in [5, 5.41) is 6.25. The predicted octanol–water partition coefficient (Wildman–Crippen LogP) is 1.05. The summed E-state index contributed by atoms with van der Waals surface area (Å²) in [6.45, 7) is 8.71. The molecule has 1 aliphatic heterocycles. The van der Waals surface area contributed by atoms with Crippen LogP contribution in [-0.4, -0.2) is 61.8 Å². The molecule has 1 amide bonds. The maximum Gasteiger partial charge on any atom is 0.288 e. The fourth-order valence-electron chi connectivity index (χ4n) is 3.00. The van der Waals surface area contributed by atoms with E-state index in [4.69, 9.17) is 4.74 Å². The lowest BCUT2D eigenvalue weighted by atomic mass is 10.2. The summed E-state index contributed by atoms with van der Waals surface area (Å²) >= 11 is 0. The van der Waals surface area contributed by atoms with Gasteiger partial charge < -0.3 is 20.3 Å². The lowest BCUT2D eigenvalue weighted by Crippen LogP contribution is -2.39. The minimum Gasteiger partial charge on any atom is -0.385 e. The van der Waals surface area contributed by atoms with Crippen LogP contribution in [-0.2, 0) is 4.74 Å². The lowest BCUT2D eigenvalue weighted by Gasteiger charge is -2.23. The molecule has 1 aromatic heterocycles. The second kappa shape index (κ2) is 8.39. The van der Waals surface area contributed by atoms with E-state index in [0.717, 1.165) is 49.6 Å². The number of aryl methyl sites for hydroxylation is 1. The average Bonchev–Trinajstić information content (AvgIpc) is 3.02. The fraction of sp³-hybridized carbons (Fsp3) is 0.706. The largest absolute Gasteiger partial charge is 0.385 e. The third kappa shape index (κ3) is 4.42. The van der Waals surface area contributed by atoms with Crippen molar-refractivity contribution >= 4 is 11.7 Å². The predicted molar refractivity (Wildman–Crippen MR) is 94.6 cm³/mol. The Morgan fingerprint density at radius 2 is 2.17 bits per heavy atom. The van der Waals surface area contributed by atoms with Gasteiger partial charge in [-0.2, -0.15) is 0 Å². The standard InChI is InChI=1S/C17H29N5O2/c1-11(7-9-24-5)19-14-6-8-22(10-14)16-12(2)13(3)20-15(21-16)17(23)18-4/h11,14,19H,6-10H2,1-5H3,(H,18,23)/t11?,14-/m1/s1. The number of aromatic nitrogens is 2. The van der Waals surface area contributed by atoms with Crippen LogP contribution in [0.2, 0.25) is 0 Å². The van der Waals surface area contributed by atoms with Gasteiger partial charge in [-0.25, -0.2) is 9.97 Å². The van der Waals surface area contributed by atoms with Crippen molar-refractivity contribution in [2.75, 3.05) is 38.8 Å². The molecule has 0 aromatic carbocycles. The molecule has 2 atom stereocenters. The summed E-state index contributed by atoms with van der Waals surface area (Å²) in [6, 6.07) is 0.847. The Balaban J connectivity index is 2.07. The minimum atomic E-state index is -0.249. The Morgan fingerprint density at radius 3 is 2.83 bits per heavy atom. The van der Waals surface area contributed by atoms with E-state index in [-0.39, 0.29) is 11.7 Å². The molecule has 0 spiro atoms. The van der Waals surface area contributed by atoms with Gasteiger partial charge in [0.15, 0.2) is 0 Å². The quantitative estimate of drug-likeness (QED) is 0.775. The van der Waals surface area contributed by atoms with E-state index in [0.29, 0.717) is 12.1 Å². The summed E-state index contributed by atoms with van der Waals surface area (Å²) in [4.78, 5) is 22.9. The van der Waals surface area contributed by atoms with Gasteiger partial charge in [0, 0.05) is 57.2 Å². The van der Waals surface area contributed by atoms with E-state index in [1.807, 2.05) is 13.8 Å². The zero-order valence-electron chi connectivity index (χ0n) is 15.3. The summed E-state index contributed by atoms with van der Waals surface area (Å²) in [5.41, 5.74) is 1.89. The van der Waals surface area contributed by atoms with Gasteiger partial charge >= 0.3 is 0 Å². The van der Waals surface area contributed by atoms with Gasteiger partial charge in [0.1, 0.15) is 5.82 Å². The van der Waals surface area contributed by atoms with Crippen LogP contribution in [0.5, 0.6) is 0 Å². The molecule has 1 aliphatic rings. The number of carbonyl (C=O) groups excluding carboxylic acids is 1. The molecule has 2 N–H and O–H groups in total. The van der Waals surface area contributed by atoms with Crippen molar-refractivity contribution in [1.29, 1.82) is 0 Å². The monoisotopic (exact) mass is 335 g/mol. The highest BCUT2D eigenvalue weighted by Crippen LogP contribution is 2.24. The molecule has 1 fully saturated rings. The number of anilines is 1. The van der Waals surface area contributed by atoms with Crippen LogP contribution in [0.3, 0.4) is 0 Å². The molecule has 7 heteroatoms. The summed E-state index contributed by atoms with van der Waals surface area (Å²) in [5.74, 6) is 0.858. The second-order valence-electron chi connectivity index (χ2n) is 6.44. The molecule has 0 bridgehead atoms. The first-order valence-corrected chi connectivity index (χ1v) is 8.53. The van der Waals surface area contributed by atoms with Gasteiger partial charge in [-0.05, 0) is 33.6 Å². The fourth-order valence-corrected chi connectivity index (χ4v) is 3.00. The van der Waals surface area contributed by atoms with E-state index >= 15 is 0 Å². The van der Waals surface area contributed by atoms with E-state index in [9.17, 15) is 4.79 Å². The smallest absolute Gasteiger partial charge is 0.288 e. The summed E-state index contributed by atoms with van der Waals surface area (Å²) in [6.07, 6.45) is 2.06. The Kier molecular flexibility index (Phi) is 6.51. The minimum absolute atomic E-state index is 0.237. The van der Waals surface area contributed by atoms with Crippen LogP contribution >= 0.6 is 0 Å². The molecule has 0 saturated carbocycles. The topological polar surface area (TPSA) is 79.4 Å². The van der Waals surface area contributed by atoms with Gasteiger partial charge in [-0.3, -0.25) is 4.79 Å². The molecule has 1 saturated heterocycles. The number of nitrogens with zero attached hydrogens (tertiary/aromatic N) is 3. The Bertz CT molecular complexity index is 578. The highest BCUT2D eigenvalue weighted by molar-refractivity contribution is 5.90. The molecular formula is C17H29N5O2. The Morgan fingerprint density at radius 1 is 1.42 bits per heavy atom. The maximum absolute atomic E-state index is 11.9. The van der Waals surface area contributed by atoms with Crippen molar-refractivity contribution in [2.45, 2.75) is 45.7 Å². The number of amides is 1. The van der Waals surface area contributed by atoms with E-state index < -0.39 is 0 Å². The first-order valence-electron chi connectivity index (χ1n) is 8.53. The van der Waals surface area contributed by atoms with Crippen molar-refractivity contribution in [3.8, 4) is 0 Å². The van der Waals surface area contributed by atoms with Gasteiger partial charge in [0.2, 0.25) is 5.82 Å². The lowest BCUT2D eigenvalue weighted by molar-refractivity contribution is 0.0952. The van der Waals surface area contributed by atoms with Crippen molar-refractivity contribution in [2.24, 2.45) is 0 Å². The highest BCUT2D eigenvalue weighted by Gasteiger charge is 2.27. The Hall–Kier alpha value is -1.73. The van der Waals surface area contributed by atoms with Crippen LogP contribution in [0.25, 0.3) is 0 Å². The number of rotatable bonds is 7. The Labute approximate surface area is 144 Å². The summed E-state index contributed by atoms with van der Waals surface area (Å²) < 4.78 is 5.14. The van der Waals surface area contributed by atoms with Gasteiger partial charge in [-0.1, -0.05) is 0 Å². The maximum atomic E-state index is 11.9. The van der Waals surface area contributed by atoms with Crippen molar-refractivity contribution in [3.05, 3.63) is 17.1 Å². The number of methoxy groups -OCH3 is 1. The van der Waals surface area contributed by atoms with E-state index in [1.54, 1.807) is 14.2 Å². The molecule has 24 heavy (non-hydrogen) atoms. The first kappa shape index (κ1) is 18.6. The highest BCUT2D eigenvalue weighted by atomic mass is 16.5. The zero-order valence-corrected chi connectivity index (χ0v) is 15.3. The van der Waals surface area contributed by atoms with Crippen molar-refractivity contribution in [1.82, 2.24) is 20.6 Å². The number of nitrogens with one attached hydrogen (secondary N) is 2. The first-order chi connectivity index (χ1) is 11.5. The molecule has 1 aromatic rings. The van der Waals surface area contributed by atoms with Gasteiger partial charge in [0.05, 0.1) is 0 Å². The molecule has 2 heterocycles. The molecule has 1 unspecified atom stereocenters. The molecule has 2 rings (SSSR count). The third-order valence-electron chi connectivity index (χ3n) is 4.56. The average molecular weight is 335 g/mol. The third-order valence-corrected chi connectivity index (χ3v) is 4.56. The van der Waals surface area contributed by atoms with Gasteiger partial charge in [-0.15, -0.1) is 0 Å². The molecule has 0 aliphatic carbocycles. The van der Waals surface area contributed by atoms with Crippen molar-refractivity contribution < 1.29 is 9.53 Å². The molecule has 134 valence electrons. The molecule has 0 radical (unpaired) electrons. The van der Waals surface area contributed by atoms with E-state index in [2.05, 4.69) is 32.4 Å². The summed E-state index contributed by atoms with van der Waals surface area (Å²) in [7, 11) is 3.33. The number of ether oxygens (including phenoxy) is 1. The van der Waals surface area contributed by atoms with Crippen LogP contribution < -0.4 is 15.5 Å². The van der Waals surface area contributed by atoms with Crippen LogP contribution in [0.15, 0.2) is 0 Å². The van der Waals surface area contributed by atoms with E-state index in [1.165, 1.54) is 0 Å². The molecular weight excluding hydrogens is 306 g/mol. The number of hydrogen-bond acceptors (Lipinski definition) is 6. The normalized spacial score (nSPS) is 18.7. The van der Waals surface area contributed by atoms with Crippen LogP contribution in [0.1, 0.15) is 41.6 Å². The van der Waals surface area contributed by atoms with Gasteiger partial charge in [0.25, 0.3) is 5.91 Å². The van der Waals surface area contributed by atoms with Crippen LogP contribution in [0.4, 0.5) is 5.82 Å². The second-order valence-corrected chi connectivity index (χ2v) is 6.44. The SMILES string of the molecule is CNC(=O)c1nc(C)c(C)c(N2CC[C@@H](NC(C)CCOC)C2)n1. The van der Waals surface area contributed by atoms with Crippen LogP contribution in [0, 0.1) is 13.8 Å². The zero-order chi connectivity index (χ0) is 17.7.